The summed E-state index contributed by atoms with van der Waals surface area (Å²) in [5, 5.41) is 3.16. The lowest BCUT2D eigenvalue weighted by molar-refractivity contribution is -0.274. The summed E-state index contributed by atoms with van der Waals surface area (Å²) >= 11 is 0. The fraction of sp³-hybridized carbons (Fsp3) is 0.412. The predicted molar refractivity (Wildman–Crippen MR) is 90.8 cm³/mol. The highest BCUT2D eigenvalue weighted by Gasteiger charge is 2.31. The van der Waals surface area contributed by atoms with Gasteiger partial charge in [-0.3, -0.25) is 0 Å². The number of halogens is 3. The molecule has 0 fully saturated rings. The van der Waals surface area contributed by atoms with E-state index in [-0.39, 0.29) is 23.4 Å². The Morgan fingerprint density at radius 3 is 2.31 bits per heavy atom. The molecular weight excluding hydrogens is 351 g/mol. The number of anilines is 1. The molecule has 1 aromatic carbocycles. The first-order chi connectivity index (χ1) is 12.1. The molecule has 0 aliphatic heterocycles. The van der Waals surface area contributed by atoms with Crippen LogP contribution in [0.15, 0.2) is 18.2 Å². The smallest absolute Gasteiger partial charge is 0.496 e. The Kier molecular flexibility index (Phi) is 5.79. The van der Waals surface area contributed by atoms with Gasteiger partial charge in [0.05, 0.1) is 19.9 Å². The second-order valence-electron chi connectivity index (χ2n) is 5.72. The van der Waals surface area contributed by atoms with E-state index >= 15 is 0 Å². The first kappa shape index (κ1) is 19.6. The largest absolute Gasteiger partial charge is 0.573 e. The van der Waals surface area contributed by atoms with E-state index in [9.17, 15) is 13.2 Å². The Morgan fingerprint density at radius 2 is 1.77 bits per heavy atom. The quantitative estimate of drug-likeness (QED) is 0.821. The maximum absolute atomic E-state index is 12.4. The van der Waals surface area contributed by atoms with Gasteiger partial charge >= 0.3 is 6.36 Å². The normalized spacial score (nSPS) is 11.4. The lowest BCUT2D eigenvalue weighted by atomic mass is 10.1. The topological polar surface area (TPSA) is 65.5 Å². The summed E-state index contributed by atoms with van der Waals surface area (Å²) in [4.78, 5) is 8.89. The Morgan fingerprint density at radius 1 is 1.08 bits per heavy atom. The van der Waals surface area contributed by atoms with Crippen LogP contribution in [-0.4, -0.2) is 36.6 Å². The highest BCUT2D eigenvalue weighted by molar-refractivity contribution is 5.73. The molecule has 1 N–H and O–H groups in total. The molecule has 0 spiro atoms. The van der Waals surface area contributed by atoms with E-state index in [1.54, 1.807) is 6.92 Å². The zero-order valence-electron chi connectivity index (χ0n) is 15.1. The van der Waals surface area contributed by atoms with Crippen LogP contribution in [0.1, 0.15) is 19.5 Å². The van der Waals surface area contributed by atoms with Crippen LogP contribution in [0.25, 0.3) is 11.3 Å². The summed E-state index contributed by atoms with van der Waals surface area (Å²) in [5.41, 5.74) is 1.41. The van der Waals surface area contributed by atoms with Crippen molar-refractivity contribution >= 4 is 5.82 Å². The van der Waals surface area contributed by atoms with Crippen molar-refractivity contribution in [2.24, 2.45) is 0 Å². The third-order valence-electron chi connectivity index (χ3n) is 3.32. The fourth-order valence-corrected chi connectivity index (χ4v) is 2.30. The number of ether oxygens (including phenoxy) is 3. The molecule has 1 heterocycles. The summed E-state index contributed by atoms with van der Waals surface area (Å²) in [6.45, 7) is 5.70. The van der Waals surface area contributed by atoms with Gasteiger partial charge in [0.1, 0.15) is 17.2 Å². The van der Waals surface area contributed by atoms with Crippen LogP contribution in [0.4, 0.5) is 19.0 Å². The molecule has 0 bridgehead atoms. The van der Waals surface area contributed by atoms with Crippen LogP contribution >= 0.6 is 0 Å². The molecule has 0 saturated carbocycles. The second-order valence-corrected chi connectivity index (χ2v) is 5.72. The molecule has 2 aromatic rings. The number of rotatable bonds is 6. The van der Waals surface area contributed by atoms with Gasteiger partial charge in [0.15, 0.2) is 5.82 Å². The minimum absolute atomic E-state index is 0.145. The number of hydrogen-bond acceptors (Lipinski definition) is 6. The van der Waals surface area contributed by atoms with E-state index in [0.717, 1.165) is 6.07 Å². The first-order valence-corrected chi connectivity index (χ1v) is 7.78. The Bertz CT molecular complexity index is 780. The number of aromatic nitrogens is 2. The fourth-order valence-electron chi connectivity index (χ4n) is 2.30. The van der Waals surface area contributed by atoms with Gasteiger partial charge in [0.2, 0.25) is 5.88 Å². The summed E-state index contributed by atoms with van der Waals surface area (Å²) < 4.78 is 51.7. The summed E-state index contributed by atoms with van der Waals surface area (Å²) in [7, 11) is 2.78. The van der Waals surface area contributed by atoms with Crippen molar-refractivity contribution in [2.45, 2.75) is 33.2 Å². The molecule has 0 radical (unpaired) electrons. The van der Waals surface area contributed by atoms with Crippen molar-refractivity contribution in [3.63, 3.8) is 0 Å². The zero-order chi connectivity index (χ0) is 19.5. The summed E-state index contributed by atoms with van der Waals surface area (Å²) in [6.07, 6.45) is -4.79. The van der Waals surface area contributed by atoms with Crippen LogP contribution in [-0.2, 0) is 0 Å². The SMILES string of the molecule is COc1cc(OC(F)(F)F)ccc1-c1nc(C)c(NC(C)C)nc1OC. The van der Waals surface area contributed by atoms with Crippen molar-refractivity contribution in [3.05, 3.63) is 23.9 Å². The van der Waals surface area contributed by atoms with E-state index in [0.29, 0.717) is 22.8 Å². The number of hydrogen-bond donors (Lipinski definition) is 1. The molecule has 0 amide bonds. The molecule has 0 aliphatic carbocycles. The highest BCUT2D eigenvalue weighted by Crippen LogP contribution is 2.38. The number of nitrogens with one attached hydrogen (secondary N) is 1. The molecule has 6 nitrogen and oxygen atoms in total. The van der Waals surface area contributed by atoms with E-state index < -0.39 is 6.36 Å². The third kappa shape index (κ3) is 4.68. The molecule has 0 atom stereocenters. The molecule has 142 valence electrons. The molecule has 9 heteroatoms. The number of alkyl halides is 3. The second kappa shape index (κ2) is 7.67. The minimum atomic E-state index is -4.79. The van der Waals surface area contributed by atoms with Crippen molar-refractivity contribution in [2.75, 3.05) is 19.5 Å². The van der Waals surface area contributed by atoms with Crippen molar-refractivity contribution in [1.29, 1.82) is 0 Å². The van der Waals surface area contributed by atoms with Gasteiger partial charge in [0, 0.05) is 17.7 Å². The van der Waals surface area contributed by atoms with Crippen LogP contribution in [0.5, 0.6) is 17.4 Å². The summed E-state index contributed by atoms with van der Waals surface area (Å²) in [6, 6.07) is 3.88. The van der Waals surface area contributed by atoms with E-state index in [1.165, 1.54) is 26.4 Å². The van der Waals surface area contributed by atoms with Gasteiger partial charge in [-0.15, -0.1) is 13.2 Å². The first-order valence-electron chi connectivity index (χ1n) is 7.78. The number of methoxy groups -OCH3 is 2. The van der Waals surface area contributed by atoms with Crippen molar-refractivity contribution in [3.8, 4) is 28.6 Å². The highest BCUT2D eigenvalue weighted by atomic mass is 19.4. The average Bonchev–Trinajstić information content (AvgIpc) is 2.54. The standard InChI is InChI=1S/C17H20F3N3O3/c1-9(2)21-15-10(3)22-14(16(23-15)25-5)12-7-6-11(8-13(12)24-4)26-17(18,19)20/h6-9H,1-5H3,(H,21,23). The maximum atomic E-state index is 12.4. The minimum Gasteiger partial charge on any atom is -0.496 e. The molecule has 1 aromatic heterocycles. The summed E-state index contributed by atoms with van der Waals surface area (Å²) in [5.74, 6) is 0.557. The van der Waals surface area contributed by atoms with E-state index in [2.05, 4.69) is 20.0 Å². The van der Waals surface area contributed by atoms with Crippen LogP contribution in [0, 0.1) is 6.92 Å². The molecule has 2 rings (SSSR count). The maximum Gasteiger partial charge on any atom is 0.573 e. The zero-order valence-corrected chi connectivity index (χ0v) is 15.1. The van der Waals surface area contributed by atoms with Crippen LogP contribution < -0.4 is 19.5 Å². The van der Waals surface area contributed by atoms with Gasteiger partial charge < -0.3 is 19.5 Å². The monoisotopic (exact) mass is 371 g/mol. The molecular formula is C17H20F3N3O3. The molecule has 0 saturated heterocycles. The van der Waals surface area contributed by atoms with E-state index in [1.807, 2.05) is 13.8 Å². The Labute approximate surface area is 149 Å². The number of nitrogens with zero attached hydrogens (tertiary/aromatic N) is 2. The molecule has 26 heavy (non-hydrogen) atoms. The lowest BCUT2D eigenvalue weighted by Gasteiger charge is -2.17. The van der Waals surface area contributed by atoms with Gasteiger partial charge in [-0.25, -0.2) is 4.98 Å². The van der Waals surface area contributed by atoms with Crippen molar-refractivity contribution < 1.29 is 27.4 Å². The molecule has 0 aliphatic rings. The van der Waals surface area contributed by atoms with Crippen LogP contribution in [0.2, 0.25) is 0 Å². The number of aryl methyl sites for hydroxylation is 1. The lowest BCUT2D eigenvalue weighted by Crippen LogP contribution is -2.17. The molecule has 0 unspecified atom stereocenters. The number of benzene rings is 1. The van der Waals surface area contributed by atoms with Gasteiger partial charge in [0.25, 0.3) is 0 Å². The average molecular weight is 371 g/mol. The Hall–Kier alpha value is -2.71. The third-order valence-corrected chi connectivity index (χ3v) is 3.32. The predicted octanol–water partition coefficient (Wildman–Crippen LogP) is 4.19. The Balaban J connectivity index is 2.51. The van der Waals surface area contributed by atoms with E-state index in [4.69, 9.17) is 9.47 Å². The van der Waals surface area contributed by atoms with Gasteiger partial charge in [-0.1, -0.05) is 0 Å². The van der Waals surface area contributed by atoms with Gasteiger partial charge in [-0.2, -0.15) is 4.98 Å². The van der Waals surface area contributed by atoms with Gasteiger partial charge in [-0.05, 0) is 32.9 Å². The van der Waals surface area contributed by atoms with Crippen LogP contribution in [0.3, 0.4) is 0 Å². The van der Waals surface area contributed by atoms with Crippen molar-refractivity contribution in [1.82, 2.24) is 9.97 Å².